The van der Waals surface area contributed by atoms with Crippen molar-refractivity contribution in [2.75, 3.05) is 10.7 Å². The van der Waals surface area contributed by atoms with Gasteiger partial charge in [0, 0.05) is 5.69 Å². The Hall–Kier alpha value is -1.88. The van der Waals surface area contributed by atoms with Crippen LogP contribution in [0.4, 0.5) is 14.5 Å². The Morgan fingerprint density at radius 3 is 2.30 bits per heavy atom. The van der Waals surface area contributed by atoms with E-state index in [0.29, 0.717) is 5.69 Å². The van der Waals surface area contributed by atoms with Crippen LogP contribution in [0.25, 0.3) is 0 Å². The molecule has 1 heterocycles. The maximum Gasteiger partial charge on any atom is 0.238 e. The number of nitrogens with zero attached hydrogens (tertiary/aromatic N) is 1. The summed E-state index contributed by atoms with van der Waals surface area (Å²) in [5.41, 5.74) is 0.586. The van der Waals surface area contributed by atoms with E-state index in [4.69, 9.17) is 0 Å². The first-order valence-corrected chi connectivity index (χ1v) is 7.16. The Morgan fingerprint density at radius 1 is 1.00 bits per heavy atom. The summed E-state index contributed by atoms with van der Waals surface area (Å²) in [7, 11) is 0. The third-order valence-corrected chi connectivity index (χ3v) is 4.32. The molecule has 0 aromatic heterocycles. The fraction of sp³-hybridized carbons (Fsp3) is 0.133. The van der Waals surface area contributed by atoms with Gasteiger partial charge in [0.25, 0.3) is 0 Å². The Labute approximate surface area is 119 Å². The first-order valence-electron chi connectivity index (χ1n) is 6.11. The lowest BCUT2D eigenvalue weighted by Gasteiger charge is -2.24. The molecule has 0 bridgehead atoms. The number of halogens is 2. The van der Waals surface area contributed by atoms with Crippen molar-refractivity contribution in [1.29, 1.82) is 0 Å². The lowest BCUT2D eigenvalue weighted by molar-refractivity contribution is -0.115. The fourth-order valence-corrected chi connectivity index (χ4v) is 3.47. The number of carbonyl (C=O) groups excluding carboxylic acids is 1. The summed E-state index contributed by atoms with van der Waals surface area (Å²) in [6.45, 7) is 0. The maximum absolute atomic E-state index is 13.9. The molecule has 1 fully saturated rings. The SMILES string of the molecule is O=C1CS[C@@H](c2c(F)cccc2F)N1c1ccccc1. The van der Waals surface area contributed by atoms with Crippen LogP contribution in [-0.2, 0) is 4.79 Å². The molecule has 102 valence electrons. The van der Waals surface area contributed by atoms with E-state index < -0.39 is 17.0 Å². The quantitative estimate of drug-likeness (QED) is 0.840. The van der Waals surface area contributed by atoms with E-state index in [2.05, 4.69) is 0 Å². The average Bonchev–Trinajstić information content (AvgIpc) is 2.81. The molecule has 1 atom stereocenters. The first kappa shape index (κ1) is 13.1. The molecule has 1 saturated heterocycles. The summed E-state index contributed by atoms with van der Waals surface area (Å²) in [6, 6.07) is 12.7. The summed E-state index contributed by atoms with van der Waals surface area (Å²) in [6.07, 6.45) is 0. The number of anilines is 1. The van der Waals surface area contributed by atoms with Crippen LogP contribution in [0.3, 0.4) is 0 Å². The number of thioether (sulfide) groups is 1. The van der Waals surface area contributed by atoms with Crippen LogP contribution in [0, 0.1) is 11.6 Å². The van der Waals surface area contributed by atoms with Crippen LogP contribution in [0.2, 0.25) is 0 Å². The molecular weight excluding hydrogens is 280 g/mol. The highest BCUT2D eigenvalue weighted by molar-refractivity contribution is 8.00. The smallest absolute Gasteiger partial charge is 0.238 e. The lowest BCUT2D eigenvalue weighted by Crippen LogP contribution is -2.28. The molecule has 1 amide bonds. The second kappa shape index (κ2) is 5.25. The van der Waals surface area contributed by atoms with Gasteiger partial charge >= 0.3 is 0 Å². The molecule has 0 spiro atoms. The van der Waals surface area contributed by atoms with Crippen LogP contribution >= 0.6 is 11.8 Å². The minimum absolute atomic E-state index is 0.0628. The predicted molar refractivity (Wildman–Crippen MR) is 75.5 cm³/mol. The Morgan fingerprint density at radius 2 is 1.65 bits per heavy atom. The van der Waals surface area contributed by atoms with E-state index in [1.807, 2.05) is 6.07 Å². The zero-order valence-electron chi connectivity index (χ0n) is 10.4. The Kier molecular flexibility index (Phi) is 3.44. The summed E-state index contributed by atoms with van der Waals surface area (Å²) >= 11 is 1.23. The summed E-state index contributed by atoms with van der Waals surface area (Å²) in [5.74, 6) is -1.18. The number of benzene rings is 2. The molecule has 0 N–H and O–H groups in total. The van der Waals surface area contributed by atoms with Gasteiger partial charge in [-0.2, -0.15) is 0 Å². The van der Waals surface area contributed by atoms with Gasteiger partial charge < -0.3 is 0 Å². The van der Waals surface area contributed by atoms with Gasteiger partial charge in [-0.25, -0.2) is 8.78 Å². The number of hydrogen-bond acceptors (Lipinski definition) is 2. The first-order chi connectivity index (χ1) is 9.68. The lowest BCUT2D eigenvalue weighted by atomic mass is 10.1. The van der Waals surface area contributed by atoms with Crippen molar-refractivity contribution in [3.63, 3.8) is 0 Å². The zero-order chi connectivity index (χ0) is 14.1. The van der Waals surface area contributed by atoms with Crippen molar-refractivity contribution >= 4 is 23.4 Å². The van der Waals surface area contributed by atoms with E-state index >= 15 is 0 Å². The molecule has 0 unspecified atom stereocenters. The van der Waals surface area contributed by atoms with Gasteiger partial charge in [-0.3, -0.25) is 9.69 Å². The van der Waals surface area contributed by atoms with E-state index in [1.165, 1.54) is 34.9 Å². The zero-order valence-corrected chi connectivity index (χ0v) is 11.2. The molecule has 1 aliphatic rings. The van der Waals surface area contributed by atoms with Gasteiger partial charge in [-0.15, -0.1) is 11.8 Å². The number of hydrogen-bond donors (Lipinski definition) is 0. The molecule has 20 heavy (non-hydrogen) atoms. The number of carbonyl (C=O) groups is 1. The largest absolute Gasteiger partial charge is 0.295 e. The minimum Gasteiger partial charge on any atom is -0.295 e. The highest BCUT2D eigenvalue weighted by Crippen LogP contribution is 2.43. The monoisotopic (exact) mass is 291 g/mol. The Balaban J connectivity index is 2.07. The standard InChI is InChI=1S/C15H11F2NOS/c16-11-7-4-8-12(17)14(11)15-18(13(19)9-20-15)10-5-2-1-3-6-10/h1-8,15H,9H2/t15-/m0/s1. The van der Waals surface area contributed by atoms with Crippen LogP contribution in [-0.4, -0.2) is 11.7 Å². The van der Waals surface area contributed by atoms with Crippen LogP contribution < -0.4 is 4.90 Å². The molecule has 2 nitrogen and oxygen atoms in total. The second-order valence-corrected chi connectivity index (χ2v) is 5.47. The normalized spacial score (nSPS) is 18.6. The van der Waals surface area contributed by atoms with Gasteiger partial charge in [0.2, 0.25) is 5.91 Å². The van der Waals surface area contributed by atoms with Crippen molar-refractivity contribution in [1.82, 2.24) is 0 Å². The molecule has 2 aromatic carbocycles. The second-order valence-electron chi connectivity index (χ2n) is 4.40. The topological polar surface area (TPSA) is 20.3 Å². The third-order valence-electron chi connectivity index (χ3n) is 3.15. The highest BCUT2D eigenvalue weighted by Gasteiger charge is 2.37. The van der Waals surface area contributed by atoms with Crippen molar-refractivity contribution < 1.29 is 13.6 Å². The molecule has 5 heteroatoms. The summed E-state index contributed by atoms with van der Waals surface area (Å²) in [4.78, 5) is 13.5. The molecule has 3 rings (SSSR count). The number of amides is 1. The van der Waals surface area contributed by atoms with Gasteiger partial charge in [0.15, 0.2) is 0 Å². The van der Waals surface area contributed by atoms with Crippen LogP contribution in [0.1, 0.15) is 10.9 Å². The van der Waals surface area contributed by atoms with Crippen LogP contribution in [0.15, 0.2) is 48.5 Å². The van der Waals surface area contributed by atoms with E-state index in [0.717, 1.165) is 0 Å². The highest BCUT2D eigenvalue weighted by atomic mass is 32.2. The van der Waals surface area contributed by atoms with Gasteiger partial charge in [0.1, 0.15) is 17.0 Å². The molecule has 0 aliphatic carbocycles. The van der Waals surface area contributed by atoms with Crippen molar-refractivity contribution in [3.8, 4) is 0 Å². The third kappa shape index (κ3) is 2.18. The Bertz CT molecular complexity index is 627. The average molecular weight is 291 g/mol. The van der Waals surface area contributed by atoms with Gasteiger partial charge in [0.05, 0.1) is 11.3 Å². The van der Waals surface area contributed by atoms with Gasteiger partial charge in [-0.1, -0.05) is 24.3 Å². The summed E-state index contributed by atoms with van der Waals surface area (Å²) < 4.78 is 27.9. The van der Waals surface area contributed by atoms with E-state index in [1.54, 1.807) is 24.3 Å². The molecule has 2 aromatic rings. The molecule has 1 aliphatic heterocycles. The maximum atomic E-state index is 13.9. The van der Waals surface area contributed by atoms with Crippen molar-refractivity contribution in [3.05, 3.63) is 65.7 Å². The van der Waals surface area contributed by atoms with Crippen molar-refractivity contribution in [2.45, 2.75) is 5.37 Å². The van der Waals surface area contributed by atoms with Crippen molar-refractivity contribution in [2.24, 2.45) is 0 Å². The number of rotatable bonds is 2. The van der Waals surface area contributed by atoms with Gasteiger partial charge in [-0.05, 0) is 24.3 Å². The fourth-order valence-electron chi connectivity index (χ4n) is 2.25. The van der Waals surface area contributed by atoms with E-state index in [9.17, 15) is 13.6 Å². The number of para-hydroxylation sites is 1. The predicted octanol–water partition coefficient (Wildman–Crippen LogP) is 3.74. The molecule has 0 saturated carbocycles. The minimum atomic E-state index is -0.661. The summed E-state index contributed by atoms with van der Waals surface area (Å²) in [5, 5.41) is -0.661. The van der Waals surface area contributed by atoms with E-state index in [-0.39, 0.29) is 17.2 Å². The molecule has 0 radical (unpaired) electrons. The van der Waals surface area contributed by atoms with Crippen LogP contribution in [0.5, 0.6) is 0 Å². The molecular formula is C15H11F2NOS.